The molecule has 5 N–H and O–H groups in total. The molecule has 0 saturated carbocycles. The minimum absolute atomic E-state index is 0.0503. The molecule has 0 aliphatic carbocycles. The predicted octanol–water partition coefficient (Wildman–Crippen LogP) is -0.514. The van der Waals surface area contributed by atoms with Crippen LogP contribution in [0, 0.1) is 0 Å². The Balaban J connectivity index is 2.64. The third-order valence-corrected chi connectivity index (χ3v) is 4.02. The number of sulfonamides is 1. The highest BCUT2D eigenvalue weighted by Crippen LogP contribution is 2.25. The lowest BCUT2D eigenvalue weighted by Crippen LogP contribution is -2.26. The van der Waals surface area contributed by atoms with Crippen molar-refractivity contribution >= 4 is 37.6 Å². The lowest BCUT2D eigenvalue weighted by molar-refractivity contribution is 0.588. The van der Waals surface area contributed by atoms with Crippen molar-refractivity contribution in [3.8, 4) is 0 Å². The molecule has 0 aliphatic heterocycles. The summed E-state index contributed by atoms with van der Waals surface area (Å²) in [4.78, 5) is 7.82. The van der Waals surface area contributed by atoms with Gasteiger partial charge in [0.05, 0.1) is 5.75 Å². The van der Waals surface area contributed by atoms with Gasteiger partial charge < -0.3 is 10.7 Å². The fourth-order valence-corrected chi connectivity index (χ4v) is 2.03. The Labute approximate surface area is 108 Å². The van der Waals surface area contributed by atoms with Crippen molar-refractivity contribution in [2.75, 3.05) is 30.1 Å². The number of rotatable bonds is 6. The number of hydrogen-bond acceptors (Lipinski definition) is 7. The molecule has 0 saturated heterocycles. The van der Waals surface area contributed by atoms with E-state index in [4.69, 9.17) is 5.84 Å². The van der Waals surface area contributed by atoms with Crippen molar-refractivity contribution in [1.29, 1.82) is 0 Å². The summed E-state index contributed by atoms with van der Waals surface area (Å²) in [6.07, 6.45) is 1.31. The first-order valence-corrected chi connectivity index (χ1v) is 7.07. The van der Waals surface area contributed by atoms with Crippen molar-refractivity contribution in [3.63, 3.8) is 0 Å². The van der Waals surface area contributed by atoms with E-state index >= 15 is 0 Å². The molecular formula is C7H13BrN6O2S. The molecule has 0 radical (unpaired) electrons. The standard InChI is InChI=1S/C7H13BrN6O2S/c1-10-17(15,16)3-2-11-6-5(8)7(14-9)13-4-12-6/h4,10H,2-3,9H2,1H3,(H2,11,12,13,14). The first-order valence-electron chi connectivity index (χ1n) is 4.62. The van der Waals surface area contributed by atoms with E-state index in [1.54, 1.807) is 0 Å². The molecule has 0 bridgehead atoms. The molecule has 1 aromatic heterocycles. The maximum Gasteiger partial charge on any atom is 0.213 e. The van der Waals surface area contributed by atoms with Gasteiger partial charge in [-0.2, -0.15) is 0 Å². The van der Waals surface area contributed by atoms with Gasteiger partial charge in [0.2, 0.25) is 10.0 Å². The van der Waals surface area contributed by atoms with Gasteiger partial charge in [0.25, 0.3) is 0 Å². The molecule has 0 amide bonds. The molecule has 8 nitrogen and oxygen atoms in total. The van der Waals surface area contributed by atoms with Crippen LogP contribution >= 0.6 is 15.9 Å². The molecule has 1 heterocycles. The van der Waals surface area contributed by atoms with Gasteiger partial charge in [-0.05, 0) is 23.0 Å². The molecule has 0 aliphatic rings. The predicted molar refractivity (Wildman–Crippen MR) is 68.9 cm³/mol. The van der Waals surface area contributed by atoms with Crippen molar-refractivity contribution in [3.05, 3.63) is 10.8 Å². The molecule has 0 unspecified atom stereocenters. The van der Waals surface area contributed by atoms with Gasteiger partial charge in [-0.3, -0.25) is 0 Å². The number of nitrogens with zero attached hydrogens (tertiary/aromatic N) is 2. The van der Waals surface area contributed by atoms with Gasteiger partial charge in [0.15, 0.2) is 5.82 Å². The van der Waals surface area contributed by atoms with E-state index in [0.717, 1.165) is 0 Å². The molecule has 96 valence electrons. The SMILES string of the molecule is CNS(=O)(=O)CCNc1ncnc(NN)c1Br. The Kier molecular flexibility index (Phi) is 5.05. The molecule has 0 fully saturated rings. The summed E-state index contributed by atoms with van der Waals surface area (Å²) in [5.41, 5.74) is 2.38. The first-order chi connectivity index (χ1) is 8.00. The summed E-state index contributed by atoms with van der Waals surface area (Å²) < 4.78 is 25.1. The molecule has 1 rings (SSSR count). The maximum absolute atomic E-state index is 11.2. The molecule has 10 heteroatoms. The number of aromatic nitrogens is 2. The summed E-state index contributed by atoms with van der Waals surface area (Å²) >= 11 is 3.24. The van der Waals surface area contributed by atoms with Gasteiger partial charge in [0, 0.05) is 6.54 Å². The summed E-state index contributed by atoms with van der Waals surface area (Å²) in [5.74, 6) is 6.07. The number of hydrogen-bond donors (Lipinski definition) is 4. The Morgan fingerprint density at radius 1 is 1.41 bits per heavy atom. The van der Waals surface area contributed by atoms with Crippen molar-refractivity contribution in [2.24, 2.45) is 5.84 Å². The van der Waals surface area contributed by atoms with Crippen molar-refractivity contribution in [1.82, 2.24) is 14.7 Å². The Hall–Kier alpha value is -0.970. The van der Waals surface area contributed by atoms with Crippen LogP contribution in [0.15, 0.2) is 10.8 Å². The minimum Gasteiger partial charge on any atom is -0.368 e. The average molecular weight is 325 g/mol. The van der Waals surface area contributed by atoms with Crippen molar-refractivity contribution < 1.29 is 8.42 Å². The van der Waals surface area contributed by atoms with E-state index in [2.05, 4.69) is 41.4 Å². The van der Waals surface area contributed by atoms with E-state index in [9.17, 15) is 8.42 Å². The number of nitrogens with one attached hydrogen (secondary N) is 3. The summed E-state index contributed by atoms with van der Waals surface area (Å²) in [6, 6.07) is 0. The summed E-state index contributed by atoms with van der Waals surface area (Å²) in [6.45, 7) is 0.225. The van der Waals surface area contributed by atoms with Gasteiger partial charge >= 0.3 is 0 Å². The van der Waals surface area contributed by atoms with Crippen LogP contribution in [0.5, 0.6) is 0 Å². The van der Waals surface area contributed by atoms with Gasteiger partial charge in [-0.15, -0.1) is 0 Å². The third kappa shape index (κ3) is 4.07. The molecular weight excluding hydrogens is 312 g/mol. The number of halogens is 1. The van der Waals surface area contributed by atoms with Gasteiger partial charge in [-0.1, -0.05) is 0 Å². The Morgan fingerprint density at radius 2 is 2.06 bits per heavy atom. The number of hydrazine groups is 1. The van der Waals surface area contributed by atoms with Crippen molar-refractivity contribution in [2.45, 2.75) is 0 Å². The quantitative estimate of drug-likeness (QED) is 0.410. The molecule has 1 aromatic rings. The molecule has 0 atom stereocenters. The van der Waals surface area contributed by atoms with E-state index in [1.165, 1.54) is 13.4 Å². The number of nitrogens with two attached hydrogens (primary N) is 1. The maximum atomic E-state index is 11.2. The lowest BCUT2D eigenvalue weighted by Gasteiger charge is -2.09. The molecule has 17 heavy (non-hydrogen) atoms. The normalized spacial score (nSPS) is 11.2. The van der Waals surface area contributed by atoms with Crippen LogP contribution in [-0.4, -0.2) is 37.7 Å². The Bertz CT molecular complexity index is 479. The smallest absolute Gasteiger partial charge is 0.213 e. The zero-order valence-corrected chi connectivity index (χ0v) is 11.5. The summed E-state index contributed by atoms with van der Waals surface area (Å²) in [5, 5.41) is 2.87. The minimum atomic E-state index is -3.23. The molecule has 0 spiro atoms. The van der Waals surface area contributed by atoms with Gasteiger partial charge in [-0.25, -0.2) is 29.0 Å². The second-order valence-corrected chi connectivity index (χ2v) is 5.82. The number of anilines is 2. The monoisotopic (exact) mass is 324 g/mol. The van der Waals surface area contributed by atoms with Gasteiger partial charge in [0.1, 0.15) is 16.6 Å². The highest BCUT2D eigenvalue weighted by molar-refractivity contribution is 9.10. The lowest BCUT2D eigenvalue weighted by atomic mass is 10.5. The highest BCUT2D eigenvalue weighted by atomic mass is 79.9. The van der Waals surface area contributed by atoms with E-state index in [0.29, 0.717) is 16.1 Å². The van der Waals surface area contributed by atoms with Crippen LogP contribution in [0.4, 0.5) is 11.6 Å². The van der Waals surface area contributed by atoms with E-state index in [1.807, 2.05) is 0 Å². The average Bonchev–Trinajstić information content (AvgIpc) is 2.31. The largest absolute Gasteiger partial charge is 0.368 e. The summed E-state index contributed by atoms with van der Waals surface area (Å²) in [7, 11) is -1.86. The zero-order chi connectivity index (χ0) is 12.9. The van der Waals surface area contributed by atoms with Crippen LogP contribution in [-0.2, 0) is 10.0 Å². The topological polar surface area (TPSA) is 122 Å². The van der Waals surface area contributed by atoms with Crippen LogP contribution in [0.25, 0.3) is 0 Å². The van der Waals surface area contributed by atoms with Crippen LogP contribution in [0.3, 0.4) is 0 Å². The fraction of sp³-hybridized carbons (Fsp3) is 0.429. The van der Waals surface area contributed by atoms with E-state index in [-0.39, 0.29) is 12.3 Å². The third-order valence-electron chi connectivity index (χ3n) is 1.90. The van der Waals surface area contributed by atoms with Crippen LogP contribution in [0.2, 0.25) is 0 Å². The fourth-order valence-electron chi connectivity index (χ4n) is 1.000. The second-order valence-electron chi connectivity index (χ2n) is 2.98. The second kappa shape index (κ2) is 6.10. The Morgan fingerprint density at radius 3 is 2.65 bits per heavy atom. The molecule has 0 aromatic carbocycles. The first kappa shape index (κ1) is 14.1. The van der Waals surface area contributed by atoms with Crippen LogP contribution in [0.1, 0.15) is 0 Å². The van der Waals surface area contributed by atoms with Crippen LogP contribution < -0.4 is 21.3 Å². The van der Waals surface area contributed by atoms with E-state index < -0.39 is 10.0 Å². The zero-order valence-electron chi connectivity index (χ0n) is 9.07. The highest BCUT2D eigenvalue weighted by Gasteiger charge is 2.09. The number of nitrogen functional groups attached to an aromatic ring is 1.